The second-order valence-electron chi connectivity index (χ2n) is 9.64. The van der Waals surface area contributed by atoms with Crippen LogP contribution < -0.4 is 10.6 Å². The predicted octanol–water partition coefficient (Wildman–Crippen LogP) is 5.01. The lowest BCUT2D eigenvalue weighted by atomic mass is 9.83. The van der Waals surface area contributed by atoms with E-state index in [0.717, 1.165) is 44.4 Å². The molecule has 8 nitrogen and oxygen atoms in total. The molecule has 3 heterocycles. The van der Waals surface area contributed by atoms with E-state index in [2.05, 4.69) is 20.6 Å². The van der Waals surface area contributed by atoms with Crippen molar-refractivity contribution in [1.29, 1.82) is 0 Å². The number of nitrogens with zero attached hydrogens (tertiary/aromatic N) is 4. The molecule has 1 aliphatic heterocycles. The van der Waals surface area contributed by atoms with Gasteiger partial charge in [0.1, 0.15) is 11.3 Å². The van der Waals surface area contributed by atoms with E-state index in [1.165, 1.54) is 31.4 Å². The maximum atomic E-state index is 13.1. The fraction of sp³-hybridized carbons (Fsp3) is 0.520. The maximum absolute atomic E-state index is 13.1. The number of aromatic nitrogens is 4. The minimum absolute atomic E-state index is 0.0708. The summed E-state index contributed by atoms with van der Waals surface area (Å²) in [5.41, 5.74) is 0.796. The number of hydrogen-bond donors (Lipinski definition) is 3. The molecule has 1 saturated heterocycles. The van der Waals surface area contributed by atoms with Gasteiger partial charge < -0.3 is 20.3 Å². The van der Waals surface area contributed by atoms with E-state index in [1.807, 2.05) is 4.57 Å². The maximum Gasteiger partial charge on any atom is 0.416 e. The van der Waals surface area contributed by atoms with Gasteiger partial charge in [0.2, 0.25) is 5.82 Å². The van der Waals surface area contributed by atoms with Crippen molar-refractivity contribution in [3.63, 3.8) is 0 Å². The van der Waals surface area contributed by atoms with Crippen LogP contribution in [0.2, 0.25) is 0 Å². The van der Waals surface area contributed by atoms with E-state index >= 15 is 0 Å². The molecule has 0 radical (unpaired) electrons. The predicted molar refractivity (Wildman–Crippen MR) is 128 cm³/mol. The molecule has 2 fully saturated rings. The second kappa shape index (κ2) is 10.0. The number of piperidine rings is 1. The fourth-order valence-corrected chi connectivity index (χ4v) is 4.93. The lowest BCUT2D eigenvalue weighted by molar-refractivity contribution is -0.137. The average molecular weight is 503 g/mol. The molecular weight excluding hydrogens is 473 g/mol. The van der Waals surface area contributed by atoms with Gasteiger partial charge in [-0.25, -0.2) is 19.7 Å². The number of alkyl halides is 3. The minimum Gasteiger partial charge on any atom is -0.475 e. The molecule has 1 aromatic carbocycles. The number of nitrogens with one attached hydrogen (secondary N) is 2. The summed E-state index contributed by atoms with van der Waals surface area (Å²) in [5.74, 6) is 0.152. The van der Waals surface area contributed by atoms with Crippen LogP contribution in [-0.2, 0) is 12.7 Å². The first-order valence-electron chi connectivity index (χ1n) is 12.4. The Hall–Kier alpha value is -3.21. The number of imidazole rings is 1. The topological polar surface area (TPSA) is 105 Å². The number of carboxylic acids is 1. The van der Waals surface area contributed by atoms with Crippen molar-refractivity contribution in [3.8, 4) is 0 Å². The smallest absolute Gasteiger partial charge is 0.416 e. The van der Waals surface area contributed by atoms with Crippen LogP contribution in [0, 0.1) is 5.92 Å². The lowest BCUT2D eigenvalue weighted by Crippen LogP contribution is -2.29. The number of rotatable bonds is 8. The first-order valence-corrected chi connectivity index (χ1v) is 12.4. The molecule has 0 unspecified atom stereocenters. The quantitative estimate of drug-likeness (QED) is 0.398. The first kappa shape index (κ1) is 24.5. The summed E-state index contributed by atoms with van der Waals surface area (Å²) in [4.78, 5) is 25.0. The molecule has 3 aromatic rings. The molecule has 0 spiro atoms. The minimum atomic E-state index is -4.41. The summed E-state index contributed by atoms with van der Waals surface area (Å²) in [6.45, 7) is 1.72. The SMILES string of the molecule is O=C(O)c1nc(NCCC2CCC2)c2c(n1)nc([C@H]1CCCCN1)n2Cc1ccc(C(F)(F)F)cc1. The Morgan fingerprint density at radius 3 is 2.47 bits per heavy atom. The molecule has 0 amide bonds. The molecule has 1 aliphatic carbocycles. The van der Waals surface area contributed by atoms with E-state index in [9.17, 15) is 23.1 Å². The van der Waals surface area contributed by atoms with Gasteiger partial charge in [-0.15, -0.1) is 0 Å². The molecule has 5 rings (SSSR count). The van der Waals surface area contributed by atoms with E-state index in [4.69, 9.17) is 4.98 Å². The normalized spacial score (nSPS) is 18.8. The molecule has 0 bridgehead atoms. The third-order valence-corrected chi connectivity index (χ3v) is 7.14. The number of fused-ring (bicyclic) bond motifs is 1. The highest BCUT2D eigenvalue weighted by Crippen LogP contribution is 2.33. The van der Waals surface area contributed by atoms with Gasteiger partial charge in [-0.1, -0.05) is 37.8 Å². The van der Waals surface area contributed by atoms with Crippen LogP contribution in [-0.4, -0.2) is 43.7 Å². The number of benzene rings is 1. The zero-order valence-corrected chi connectivity index (χ0v) is 19.8. The van der Waals surface area contributed by atoms with Gasteiger partial charge in [0.25, 0.3) is 0 Å². The first-order chi connectivity index (χ1) is 17.3. The van der Waals surface area contributed by atoms with Gasteiger partial charge in [-0.2, -0.15) is 13.2 Å². The van der Waals surface area contributed by atoms with Gasteiger partial charge in [-0.05, 0) is 49.4 Å². The molecule has 2 aromatic heterocycles. The van der Waals surface area contributed by atoms with Crippen molar-refractivity contribution >= 4 is 23.0 Å². The van der Waals surface area contributed by atoms with Gasteiger partial charge in [0.05, 0.1) is 11.6 Å². The van der Waals surface area contributed by atoms with Crippen molar-refractivity contribution in [1.82, 2.24) is 24.8 Å². The van der Waals surface area contributed by atoms with E-state index in [0.29, 0.717) is 35.2 Å². The summed E-state index contributed by atoms with van der Waals surface area (Å²) in [5, 5.41) is 16.4. The molecule has 1 atom stereocenters. The van der Waals surface area contributed by atoms with E-state index in [1.54, 1.807) is 0 Å². The standard InChI is InChI=1S/C25H29F3N6O2/c26-25(27,28)17-9-7-16(8-10-17)14-34-19-20(30-13-11-15-4-3-5-15)31-22(24(35)36)32-21(19)33-23(34)18-6-1-2-12-29-18/h7-10,15,18,29H,1-6,11-14H2,(H,35,36)(H,30,31,32)/t18-/m1/s1. The summed E-state index contributed by atoms with van der Waals surface area (Å²) < 4.78 is 41.1. The molecule has 2 aliphatic rings. The highest BCUT2D eigenvalue weighted by atomic mass is 19.4. The van der Waals surface area contributed by atoms with Gasteiger partial charge in [-0.3, -0.25) is 0 Å². The third-order valence-electron chi connectivity index (χ3n) is 7.14. The molecule has 192 valence electrons. The van der Waals surface area contributed by atoms with Crippen molar-refractivity contribution < 1.29 is 23.1 Å². The third kappa shape index (κ3) is 5.16. The zero-order valence-electron chi connectivity index (χ0n) is 19.8. The van der Waals surface area contributed by atoms with Crippen molar-refractivity contribution in [2.75, 3.05) is 18.4 Å². The van der Waals surface area contributed by atoms with E-state index < -0.39 is 17.7 Å². The van der Waals surface area contributed by atoms with Crippen LogP contribution in [0.3, 0.4) is 0 Å². The van der Waals surface area contributed by atoms with Crippen molar-refractivity contribution in [3.05, 3.63) is 47.0 Å². The summed E-state index contributed by atoms with van der Waals surface area (Å²) in [6.07, 6.45) is 3.10. The summed E-state index contributed by atoms with van der Waals surface area (Å²) in [7, 11) is 0. The van der Waals surface area contributed by atoms with Crippen LogP contribution in [0.15, 0.2) is 24.3 Å². The fourth-order valence-electron chi connectivity index (χ4n) is 4.93. The van der Waals surface area contributed by atoms with Crippen molar-refractivity contribution in [2.45, 2.75) is 63.7 Å². The second-order valence-corrected chi connectivity index (χ2v) is 9.64. The lowest BCUT2D eigenvalue weighted by Gasteiger charge is -2.25. The Morgan fingerprint density at radius 2 is 1.86 bits per heavy atom. The molecule has 1 saturated carbocycles. The number of carboxylic acid groups (broad SMARTS) is 1. The molecule has 11 heteroatoms. The van der Waals surface area contributed by atoms with Crippen molar-refractivity contribution in [2.24, 2.45) is 5.92 Å². The highest BCUT2D eigenvalue weighted by molar-refractivity contribution is 5.90. The van der Waals surface area contributed by atoms with Gasteiger partial charge in [0.15, 0.2) is 11.5 Å². The highest BCUT2D eigenvalue weighted by Gasteiger charge is 2.30. The number of aromatic carboxylic acids is 1. The van der Waals surface area contributed by atoms with Crippen LogP contribution in [0.1, 0.15) is 78.6 Å². The average Bonchev–Trinajstić information content (AvgIpc) is 3.19. The number of hydrogen-bond acceptors (Lipinski definition) is 6. The number of anilines is 1. The Labute approximate surface area is 206 Å². The summed E-state index contributed by atoms with van der Waals surface area (Å²) in [6, 6.07) is 5.00. The van der Waals surface area contributed by atoms with Crippen LogP contribution >= 0.6 is 0 Å². The zero-order chi connectivity index (χ0) is 25.3. The summed E-state index contributed by atoms with van der Waals surface area (Å²) >= 11 is 0. The Balaban J connectivity index is 1.56. The Bertz CT molecular complexity index is 1230. The van der Waals surface area contributed by atoms with Gasteiger partial charge >= 0.3 is 12.1 Å². The number of carbonyl (C=O) groups is 1. The van der Waals surface area contributed by atoms with E-state index in [-0.39, 0.29) is 24.1 Å². The van der Waals surface area contributed by atoms with Gasteiger partial charge in [0, 0.05) is 13.1 Å². The monoisotopic (exact) mass is 502 g/mol. The molecular formula is C25H29F3N6O2. The number of halogens is 3. The Morgan fingerprint density at radius 1 is 1.08 bits per heavy atom. The van der Waals surface area contributed by atoms with Crippen LogP contribution in [0.25, 0.3) is 11.2 Å². The van der Waals surface area contributed by atoms with Crippen LogP contribution in [0.5, 0.6) is 0 Å². The van der Waals surface area contributed by atoms with Crippen LogP contribution in [0.4, 0.5) is 19.0 Å². The Kier molecular flexibility index (Phi) is 6.83. The largest absolute Gasteiger partial charge is 0.475 e. The molecule has 36 heavy (non-hydrogen) atoms. The molecule has 3 N–H and O–H groups in total.